The van der Waals surface area contributed by atoms with Gasteiger partial charge in [0.1, 0.15) is 5.75 Å². The fourth-order valence-electron chi connectivity index (χ4n) is 3.21. The second-order valence-electron chi connectivity index (χ2n) is 6.42. The number of hydrogen-bond acceptors (Lipinski definition) is 6. The van der Waals surface area contributed by atoms with Gasteiger partial charge >= 0.3 is 0 Å². The van der Waals surface area contributed by atoms with Crippen LogP contribution in [-0.2, 0) is 19.9 Å². The number of nitrogens with zero attached hydrogens (tertiary/aromatic N) is 1. The molecule has 0 N–H and O–H groups in total. The van der Waals surface area contributed by atoms with Gasteiger partial charge in [0, 0.05) is 18.0 Å². The van der Waals surface area contributed by atoms with Crippen LogP contribution in [0.15, 0.2) is 40.6 Å². The SMILES string of the molecule is CCOc1ccc(S(=O)(=O)N2CCC(c3cccs3)S(=O)(=O)CC2)cc1C. The molecule has 0 aliphatic carbocycles. The second-order valence-corrected chi connectivity index (χ2v) is 11.6. The van der Waals surface area contributed by atoms with Gasteiger partial charge in [-0.15, -0.1) is 11.3 Å². The molecule has 3 rings (SSSR count). The molecule has 1 aromatic heterocycles. The van der Waals surface area contributed by atoms with Crippen molar-refractivity contribution in [1.82, 2.24) is 4.31 Å². The van der Waals surface area contributed by atoms with Gasteiger partial charge in [-0.05, 0) is 55.5 Å². The minimum absolute atomic E-state index is 0.0290. The summed E-state index contributed by atoms with van der Waals surface area (Å²) in [5.41, 5.74) is 0.733. The van der Waals surface area contributed by atoms with Crippen molar-refractivity contribution in [2.75, 3.05) is 25.4 Å². The molecule has 9 heteroatoms. The highest BCUT2D eigenvalue weighted by Crippen LogP contribution is 2.34. The molecular formula is C18H23NO5S3. The molecule has 6 nitrogen and oxygen atoms in total. The first-order chi connectivity index (χ1) is 12.8. The summed E-state index contributed by atoms with van der Waals surface area (Å²) in [5.74, 6) is 0.470. The largest absolute Gasteiger partial charge is 0.494 e. The van der Waals surface area contributed by atoms with Crippen LogP contribution in [0.2, 0.25) is 0 Å². The van der Waals surface area contributed by atoms with Crippen molar-refractivity contribution in [3.8, 4) is 5.75 Å². The third kappa shape index (κ3) is 4.21. The zero-order chi connectivity index (χ0) is 19.7. The van der Waals surface area contributed by atoms with Crippen LogP contribution in [0, 0.1) is 6.92 Å². The molecule has 0 spiro atoms. The monoisotopic (exact) mass is 429 g/mol. The molecule has 1 atom stereocenters. The van der Waals surface area contributed by atoms with E-state index in [4.69, 9.17) is 4.74 Å². The standard InChI is InChI=1S/C18H23NO5S3/c1-3-24-16-7-6-15(13-14(16)2)27(22,23)19-9-8-18(17-5-4-11-25-17)26(20,21)12-10-19/h4-7,11,13,18H,3,8-10,12H2,1-2H3. The summed E-state index contributed by atoms with van der Waals surface area (Å²) >= 11 is 1.39. The number of thiophene rings is 1. The molecule has 0 bridgehead atoms. The van der Waals surface area contributed by atoms with Crippen LogP contribution in [0.1, 0.15) is 29.0 Å². The minimum atomic E-state index is -3.77. The Morgan fingerprint density at radius 3 is 2.67 bits per heavy atom. The number of sulfonamides is 1. The lowest BCUT2D eigenvalue weighted by Crippen LogP contribution is -2.33. The van der Waals surface area contributed by atoms with E-state index < -0.39 is 25.1 Å². The molecular weight excluding hydrogens is 406 g/mol. The van der Waals surface area contributed by atoms with E-state index in [-0.39, 0.29) is 30.2 Å². The summed E-state index contributed by atoms with van der Waals surface area (Å²) in [4.78, 5) is 0.932. The molecule has 0 radical (unpaired) electrons. The van der Waals surface area contributed by atoms with E-state index in [1.165, 1.54) is 21.7 Å². The number of rotatable bonds is 5. The maximum atomic E-state index is 13.1. The Morgan fingerprint density at radius 2 is 2.04 bits per heavy atom. The maximum absolute atomic E-state index is 13.1. The molecule has 2 aromatic rings. The van der Waals surface area contributed by atoms with Crippen molar-refractivity contribution < 1.29 is 21.6 Å². The maximum Gasteiger partial charge on any atom is 0.243 e. The first-order valence-electron chi connectivity index (χ1n) is 8.74. The zero-order valence-electron chi connectivity index (χ0n) is 15.3. The fourth-order valence-corrected chi connectivity index (χ4v) is 7.87. The molecule has 1 unspecified atom stereocenters. The van der Waals surface area contributed by atoms with Crippen molar-refractivity contribution in [3.63, 3.8) is 0 Å². The average Bonchev–Trinajstić information content (AvgIpc) is 3.07. The lowest BCUT2D eigenvalue weighted by atomic mass is 10.2. The van der Waals surface area contributed by atoms with E-state index in [1.54, 1.807) is 25.1 Å². The van der Waals surface area contributed by atoms with Crippen LogP contribution in [0.4, 0.5) is 0 Å². The Bertz CT molecular complexity index is 998. The smallest absolute Gasteiger partial charge is 0.243 e. The third-order valence-corrected chi connectivity index (χ3v) is 9.78. The van der Waals surface area contributed by atoms with Gasteiger partial charge in [-0.25, -0.2) is 16.8 Å². The summed E-state index contributed by atoms with van der Waals surface area (Å²) in [5, 5.41) is 1.20. The summed E-state index contributed by atoms with van der Waals surface area (Å²) in [6.45, 7) is 4.31. The van der Waals surface area contributed by atoms with E-state index >= 15 is 0 Å². The molecule has 1 aliphatic rings. The van der Waals surface area contributed by atoms with Gasteiger partial charge in [-0.2, -0.15) is 4.31 Å². The predicted molar refractivity (Wildman–Crippen MR) is 107 cm³/mol. The van der Waals surface area contributed by atoms with Crippen molar-refractivity contribution in [1.29, 1.82) is 0 Å². The Balaban J connectivity index is 1.87. The minimum Gasteiger partial charge on any atom is -0.494 e. The third-order valence-electron chi connectivity index (χ3n) is 4.64. The van der Waals surface area contributed by atoms with Gasteiger partial charge in [0.25, 0.3) is 0 Å². The van der Waals surface area contributed by atoms with Crippen molar-refractivity contribution in [2.24, 2.45) is 0 Å². The summed E-state index contributed by atoms with van der Waals surface area (Å²) in [7, 11) is -7.16. The highest BCUT2D eigenvalue weighted by atomic mass is 32.2. The van der Waals surface area contributed by atoms with Gasteiger partial charge in [-0.3, -0.25) is 0 Å². The normalized spacial score (nSPS) is 20.9. The van der Waals surface area contributed by atoms with E-state index in [0.29, 0.717) is 12.4 Å². The van der Waals surface area contributed by atoms with Crippen molar-refractivity contribution in [2.45, 2.75) is 30.4 Å². The van der Waals surface area contributed by atoms with Crippen LogP contribution < -0.4 is 4.74 Å². The first-order valence-corrected chi connectivity index (χ1v) is 12.8. The van der Waals surface area contributed by atoms with Crippen LogP contribution in [0.25, 0.3) is 0 Å². The van der Waals surface area contributed by atoms with Crippen molar-refractivity contribution in [3.05, 3.63) is 46.2 Å². The number of aryl methyl sites for hydroxylation is 1. The Labute approximate surface area is 164 Å². The Kier molecular flexibility index (Phi) is 5.95. The van der Waals surface area contributed by atoms with Crippen molar-refractivity contribution >= 4 is 31.2 Å². The Morgan fingerprint density at radius 1 is 1.26 bits per heavy atom. The highest BCUT2D eigenvalue weighted by Gasteiger charge is 2.36. The molecule has 0 saturated carbocycles. The van der Waals surface area contributed by atoms with Gasteiger partial charge in [0.2, 0.25) is 10.0 Å². The first kappa shape index (κ1) is 20.3. The van der Waals surface area contributed by atoms with Gasteiger partial charge in [0.05, 0.1) is 22.5 Å². The molecule has 27 heavy (non-hydrogen) atoms. The number of sulfone groups is 1. The molecule has 148 valence electrons. The topological polar surface area (TPSA) is 80.8 Å². The average molecular weight is 430 g/mol. The lowest BCUT2D eigenvalue weighted by molar-refractivity contribution is 0.337. The quantitative estimate of drug-likeness (QED) is 0.730. The molecule has 1 fully saturated rings. The van der Waals surface area contributed by atoms with E-state index in [9.17, 15) is 16.8 Å². The summed E-state index contributed by atoms with van der Waals surface area (Å²) in [6.07, 6.45) is 0.262. The molecule has 1 aliphatic heterocycles. The second kappa shape index (κ2) is 7.90. The van der Waals surface area contributed by atoms with Crippen LogP contribution in [0.5, 0.6) is 5.75 Å². The van der Waals surface area contributed by atoms with E-state index in [1.807, 2.05) is 18.4 Å². The lowest BCUT2D eigenvalue weighted by Gasteiger charge is -2.20. The summed E-state index contributed by atoms with van der Waals surface area (Å²) in [6, 6.07) is 8.36. The summed E-state index contributed by atoms with van der Waals surface area (Å²) < 4.78 is 58.2. The van der Waals surface area contributed by atoms with Crippen LogP contribution >= 0.6 is 11.3 Å². The van der Waals surface area contributed by atoms with Gasteiger partial charge in [0.15, 0.2) is 9.84 Å². The van der Waals surface area contributed by atoms with E-state index in [0.717, 1.165) is 10.4 Å². The number of hydrogen-bond donors (Lipinski definition) is 0. The molecule has 2 heterocycles. The van der Waals surface area contributed by atoms with Crippen LogP contribution in [-0.4, -0.2) is 46.6 Å². The van der Waals surface area contributed by atoms with E-state index in [2.05, 4.69) is 0 Å². The number of benzene rings is 1. The zero-order valence-corrected chi connectivity index (χ0v) is 17.7. The fraction of sp³-hybridized carbons (Fsp3) is 0.444. The molecule has 0 amide bonds. The van der Waals surface area contributed by atoms with Gasteiger partial charge < -0.3 is 4.74 Å². The highest BCUT2D eigenvalue weighted by molar-refractivity contribution is 7.92. The van der Waals surface area contributed by atoms with Crippen LogP contribution in [0.3, 0.4) is 0 Å². The Hall–Kier alpha value is -1.42. The molecule has 1 aromatic carbocycles. The van der Waals surface area contributed by atoms with Gasteiger partial charge in [-0.1, -0.05) is 6.07 Å². The molecule has 1 saturated heterocycles. The number of ether oxygens (including phenoxy) is 1. The predicted octanol–water partition coefficient (Wildman–Crippen LogP) is 3.01.